The minimum atomic E-state index is -0.747. The molecule has 1 amide bonds. The number of carboxylic acid groups (broad SMARTS) is 1. The number of carboxylic acids is 1. The lowest BCUT2D eigenvalue weighted by atomic mass is 9.80. The molecule has 0 radical (unpaired) electrons. The van der Waals surface area contributed by atoms with Crippen molar-refractivity contribution < 1.29 is 14.7 Å². The van der Waals surface area contributed by atoms with Gasteiger partial charge in [0, 0.05) is 19.0 Å². The predicted molar refractivity (Wildman–Crippen MR) is 61.0 cm³/mol. The number of hydrogen-bond donors (Lipinski definition) is 1. The average Bonchev–Trinajstić information content (AvgIpc) is 2.28. The number of nitrogens with zero attached hydrogens (tertiary/aromatic N) is 1. The topological polar surface area (TPSA) is 57.6 Å². The summed E-state index contributed by atoms with van der Waals surface area (Å²) in [6.07, 6.45) is 1.96. The van der Waals surface area contributed by atoms with Crippen molar-refractivity contribution >= 4 is 11.9 Å². The van der Waals surface area contributed by atoms with Crippen molar-refractivity contribution in [2.24, 2.45) is 11.3 Å². The van der Waals surface area contributed by atoms with Crippen molar-refractivity contribution in [3.05, 3.63) is 0 Å². The Kier molecular flexibility index (Phi) is 3.94. The fraction of sp³-hybridized carbons (Fsp3) is 0.833. The minimum Gasteiger partial charge on any atom is -0.481 e. The maximum Gasteiger partial charge on any atom is 0.309 e. The van der Waals surface area contributed by atoms with Crippen LogP contribution in [0.3, 0.4) is 0 Å². The van der Waals surface area contributed by atoms with E-state index in [2.05, 4.69) is 0 Å². The van der Waals surface area contributed by atoms with Crippen molar-refractivity contribution in [2.75, 3.05) is 13.1 Å². The van der Waals surface area contributed by atoms with Crippen LogP contribution in [-0.4, -0.2) is 35.0 Å². The molecule has 0 aliphatic carbocycles. The van der Waals surface area contributed by atoms with Gasteiger partial charge in [0.2, 0.25) is 5.91 Å². The van der Waals surface area contributed by atoms with Crippen LogP contribution in [-0.2, 0) is 9.59 Å². The molecule has 0 bridgehead atoms. The largest absolute Gasteiger partial charge is 0.481 e. The number of aliphatic carboxylic acids is 1. The number of carbonyl (C=O) groups excluding carboxylic acids is 1. The summed E-state index contributed by atoms with van der Waals surface area (Å²) in [6, 6.07) is 0. The third kappa shape index (κ3) is 2.54. The number of rotatable bonds is 3. The molecular formula is C12H21NO3. The SMILES string of the molecule is CCC(C)C(=O)N1CCC(C)(C(=O)O)CC1. The number of hydrogen-bond acceptors (Lipinski definition) is 2. The highest BCUT2D eigenvalue weighted by molar-refractivity contribution is 5.79. The van der Waals surface area contributed by atoms with E-state index >= 15 is 0 Å². The smallest absolute Gasteiger partial charge is 0.309 e. The van der Waals surface area contributed by atoms with E-state index in [0.717, 1.165) is 6.42 Å². The van der Waals surface area contributed by atoms with E-state index in [4.69, 9.17) is 5.11 Å². The van der Waals surface area contributed by atoms with Gasteiger partial charge in [0.05, 0.1) is 5.41 Å². The normalized spacial score (nSPS) is 21.6. The second-order valence-corrected chi connectivity index (χ2v) is 5.00. The number of carbonyl (C=O) groups is 2. The van der Waals surface area contributed by atoms with Gasteiger partial charge in [-0.25, -0.2) is 0 Å². The van der Waals surface area contributed by atoms with Crippen LogP contribution >= 0.6 is 0 Å². The fourth-order valence-corrected chi connectivity index (χ4v) is 1.92. The Morgan fingerprint density at radius 2 is 1.88 bits per heavy atom. The molecule has 1 heterocycles. The van der Waals surface area contributed by atoms with E-state index in [9.17, 15) is 9.59 Å². The summed E-state index contributed by atoms with van der Waals surface area (Å²) in [5.41, 5.74) is -0.647. The van der Waals surface area contributed by atoms with Crippen LogP contribution < -0.4 is 0 Å². The Labute approximate surface area is 96.6 Å². The van der Waals surface area contributed by atoms with E-state index in [1.54, 1.807) is 11.8 Å². The van der Waals surface area contributed by atoms with Crippen molar-refractivity contribution in [2.45, 2.75) is 40.0 Å². The summed E-state index contributed by atoms with van der Waals surface area (Å²) in [4.78, 5) is 24.7. The molecular weight excluding hydrogens is 206 g/mol. The van der Waals surface area contributed by atoms with Crippen LogP contribution in [0.25, 0.3) is 0 Å². The van der Waals surface area contributed by atoms with Crippen molar-refractivity contribution in [1.29, 1.82) is 0 Å². The maximum atomic E-state index is 11.9. The predicted octanol–water partition coefficient (Wildman–Crippen LogP) is 1.75. The van der Waals surface area contributed by atoms with Crippen LogP contribution in [0.4, 0.5) is 0 Å². The molecule has 1 unspecified atom stereocenters. The zero-order chi connectivity index (χ0) is 12.3. The van der Waals surface area contributed by atoms with Crippen LogP contribution in [0.2, 0.25) is 0 Å². The van der Waals surface area contributed by atoms with Gasteiger partial charge in [-0.3, -0.25) is 9.59 Å². The molecule has 0 aromatic carbocycles. The average molecular weight is 227 g/mol. The first-order chi connectivity index (χ1) is 7.40. The zero-order valence-corrected chi connectivity index (χ0v) is 10.3. The van der Waals surface area contributed by atoms with Crippen molar-refractivity contribution in [3.8, 4) is 0 Å². The molecule has 16 heavy (non-hydrogen) atoms. The third-order valence-corrected chi connectivity index (χ3v) is 3.73. The number of likely N-dealkylation sites (tertiary alicyclic amines) is 1. The molecule has 1 rings (SSSR count). The van der Waals surface area contributed by atoms with Gasteiger partial charge < -0.3 is 10.0 Å². The lowest BCUT2D eigenvalue weighted by Gasteiger charge is -2.37. The highest BCUT2D eigenvalue weighted by Gasteiger charge is 2.38. The summed E-state index contributed by atoms with van der Waals surface area (Å²) in [5, 5.41) is 9.07. The monoisotopic (exact) mass is 227 g/mol. The molecule has 1 aliphatic rings. The first-order valence-electron chi connectivity index (χ1n) is 5.93. The third-order valence-electron chi connectivity index (χ3n) is 3.73. The van der Waals surface area contributed by atoms with Crippen molar-refractivity contribution in [3.63, 3.8) is 0 Å². The summed E-state index contributed by atoms with van der Waals surface area (Å²) in [7, 11) is 0. The standard InChI is InChI=1S/C12H21NO3/c1-4-9(2)10(14)13-7-5-12(3,6-8-13)11(15)16/h9H,4-8H2,1-3H3,(H,15,16). The van der Waals surface area contributed by atoms with Gasteiger partial charge in [0.15, 0.2) is 0 Å². The second-order valence-electron chi connectivity index (χ2n) is 5.00. The van der Waals surface area contributed by atoms with E-state index in [1.807, 2.05) is 13.8 Å². The molecule has 0 aromatic rings. The molecule has 1 aliphatic heterocycles. The zero-order valence-electron chi connectivity index (χ0n) is 10.3. The lowest BCUT2D eigenvalue weighted by molar-refractivity contribution is -0.153. The van der Waals surface area contributed by atoms with Gasteiger partial charge in [-0.2, -0.15) is 0 Å². The highest BCUT2D eigenvalue weighted by atomic mass is 16.4. The Bertz CT molecular complexity index is 280. The molecule has 0 aromatic heterocycles. The first-order valence-corrected chi connectivity index (χ1v) is 5.93. The molecule has 92 valence electrons. The van der Waals surface area contributed by atoms with Gasteiger partial charge in [0.25, 0.3) is 0 Å². The Morgan fingerprint density at radius 3 is 2.25 bits per heavy atom. The van der Waals surface area contributed by atoms with Gasteiger partial charge in [-0.15, -0.1) is 0 Å². The summed E-state index contributed by atoms with van der Waals surface area (Å²) in [6.45, 7) is 6.83. The van der Waals surface area contributed by atoms with Crippen LogP contribution in [0, 0.1) is 11.3 Å². The molecule has 4 nitrogen and oxygen atoms in total. The number of amides is 1. The van der Waals surface area contributed by atoms with Gasteiger partial charge in [-0.05, 0) is 26.2 Å². The van der Waals surface area contributed by atoms with Crippen molar-refractivity contribution in [1.82, 2.24) is 4.90 Å². The molecule has 1 fully saturated rings. The van der Waals surface area contributed by atoms with Crippen LogP contribution in [0.15, 0.2) is 0 Å². The first kappa shape index (κ1) is 13.0. The highest BCUT2D eigenvalue weighted by Crippen LogP contribution is 2.31. The summed E-state index contributed by atoms with van der Waals surface area (Å²) < 4.78 is 0. The van der Waals surface area contributed by atoms with E-state index in [1.165, 1.54) is 0 Å². The van der Waals surface area contributed by atoms with E-state index < -0.39 is 11.4 Å². The minimum absolute atomic E-state index is 0.0502. The van der Waals surface area contributed by atoms with E-state index in [0.29, 0.717) is 25.9 Å². The quantitative estimate of drug-likeness (QED) is 0.799. The lowest BCUT2D eigenvalue weighted by Crippen LogP contribution is -2.46. The molecule has 4 heteroatoms. The summed E-state index contributed by atoms with van der Waals surface area (Å²) in [5.74, 6) is -0.535. The van der Waals surface area contributed by atoms with Crippen LogP contribution in [0.1, 0.15) is 40.0 Å². The number of piperidine rings is 1. The molecule has 1 atom stereocenters. The molecule has 0 spiro atoms. The Morgan fingerprint density at radius 1 is 1.38 bits per heavy atom. The van der Waals surface area contributed by atoms with Gasteiger partial charge >= 0.3 is 5.97 Å². The molecule has 1 N–H and O–H groups in total. The maximum absolute atomic E-state index is 11.9. The van der Waals surface area contributed by atoms with Gasteiger partial charge in [0.1, 0.15) is 0 Å². The summed E-state index contributed by atoms with van der Waals surface area (Å²) >= 11 is 0. The molecule has 1 saturated heterocycles. The second kappa shape index (κ2) is 4.85. The van der Waals surface area contributed by atoms with E-state index in [-0.39, 0.29) is 11.8 Å². The van der Waals surface area contributed by atoms with Gasteiger partial charge in [-0.1, -0.05) is 13.8 Å². The Balaban J connectivity index is 2.55. The fourth-order valence-electron chi connectivity index (χ4n) is 1.92. The molecule has 0 saturated carbocycles. The Hall–Kier alpha value is -1.06. The van der Waals surface area contributed by atoms with Crippen LogP contribution in [0.5, 0.6) is 0 Å².